The molecular weight excluding hydrogens is 488 g/mol. The van der Waals surface area contributed by atoms with Gasteiger partial charge in [-0.25, -0.2) is 0 Å². The van der Waals surface area contributed by atoms with E-state index in [0.717, 1.165) is 6.42 Å². The van der Waals surface area contributed by atoms with Gasteiger partial charge >= 0.3 is 151 Å². The fourth-order valence-corrected chi connectivity index (χ4v) is 1.87. The van der Waals surface area contributed by atoms with Crippen molar-refractivity contribution >= 4 is 33.0 Å². The van der Waals surface area contributed by atoms with Crippen molar-refractivity contribution in [2.45, 2.75) is 45.4 Å². The van der Waals surface area contributed by atoms with E-state index in [4.69, 9.17) is 5.11 Å². The number of aliphatic hydroxyl groups is 1. The van der Waals surface area contributed by atoms with Crippen LogP contribution in [-0.4, -0.2) is 11.7 Å². The Morgan fingerprint density at radius 3 is 1.07 bits per heavy atom. The maximum atomic E-state index is 9.24. The van der Waals surface area contributed by atoms with Crippen molar-refractivity contribution in [2.24, 2.45) is 0 Å². The second-order valence-electron chi connectivity index (χ2n) is 3.55. The van der Waals surface area contributed by atoms with Crippen LogP contribution in [0.15, 0.2) is 0 Å². The van der Waals surface area contributed by atoms with Crippen LogP contribution in [0.3, 0.4) is 0 Å². The largest absolute Gasteiger partial charge is 1.00 e. The number of hydrogen-bond acceptors (Lipinski definition) is 11. The molecule has 0 aliphatic carbocycles. The Hall–Kier alpha value is 4.12. The van der Waals surface area contributed by atoms with Gasteiger partial charge in [0, 0.05) is 6.61 Å². The van der Waals surface area contributed by atoms with Crippen LogP contribution < -0.4 is 138 Å². The molecule has 4 atom stereocenters. The third-order valence-electron chi connectivity index (χ3n) is 1.78. The zero-order valence-electron chi connectivity index (χ0n) is 16.3. The van der Waals surface area contributed by atoms with Crippen molar-refractivity contribution in [3.05, 3.63) is 0 Å². The first-order valence-electron chi connectivity index (χ1n) is 6.21. The van der Waals surface area contributed by atoms with Crippen LogP contribution in [0.4, 0.5) is 0 Å². The SMILES string of the molecule is CCCCCCCCO.O=[P+]([O-])O[P+](=O)[O-].O=[P+]([O-])O[P+](=O)[O-].[Na+].[Na+].[Na+].[Na+]. The first-order valence-corrected chi connectivity index (χ1v) is 10.6. The van der Waals surface area contributed by atoms with Crippen molar-refractivity contribution < 1.29 is 170 Å². The van der Waals surface area contributed by atoms with Crippen LogP contribution in [0.5, 0.6) is 0 Å². The molecule has 0 spiro atoms. The van der Waals surface area contributed by atoms with Gasteiger partial charge in [-0.2, -0.15) is 0 Å². The Balaban J connectivity index is -0.0000000418. The van der Waals surface area contributed by atoms with Crippen molar-refractivity contribution in [3.8, 4) is 0 Å². The summed E-state index contributed by atoms with van der Waals surface area (Å²) in [6.45, 7) is 2.58. The van der Waals surface area contributed by atoms with E-state index in [1.165, 1.54) is 32.1 Å². The van der Waals surface area contributed by atoms with Crippen LogP contribution in [0.25, 0.3) is 0 Å². The van der Waals surface area contributed by atoms with Crippen molar-refractivity contribution in [3.63, 3.8) is 0 Å². The summed E-state index contributed by atoms with van der Waals surface area (Å²) in [6, 6.07) is 0. The Morgan fingerprint density at radius 2 is 0.889 bits per heavy atom. The van der Waals surface area contributed by atoms with Gasteiger partial charge < -0.3 is 24.7 Å². The summed E-state index contributed by atoms with van der Waals surface area (Å²) < 4.78 is 43.3. The maximum absolute atomic E-state index is 9.24. The first-order chi connectivity index (χ1) is 10.7. The minimum absolute atomic E-state index is 0. The number of aliphatic hydroxyl groups excluding tert-OH is 1. The van der Waals surface area contributed by atoms with Gasteiger partial charge in [-0.3, -0.25) is 0 Å². The second kappa shape index (κ2) is 40.5. The van der Waals surface area contributed by atoms with Gasteiger partial charge in [-0.15, -0.1) is 0 Å². The Morgan fingerprint density at radius 1 is 0.630 bits per heavy atom. The van der Waals surface area contributed by atoms with E-state index < -0.39 is 33.0 Å². The van der Waals surface area contributed by atoms with E-state index in [-0.39, 0.29) is 118 Å². The fourth-order valence-electron chi connectivity index (χ4n) is 1.00. The van der Waals surface area contributed by atoms with Gasteiger partial charge in [-0.1, -0.05) is 39.0 Å². The average molecular weight is 506 g/mol. The molecule has 11 nitrogen and oxygen atoms in total. The van der Waals surface area contributed by atoms with E-state index in [0.29, 0.717) is 6.61 Å². The zero-order chi connectivity index (χ0) is 18.7. The quantitative estimate of drug-likeness (QED) is 0.168. The van der Waals surface area contributed by atoms with E-state index >= 15 is 0 Å². The summed E-state index contributed by atoms with van der Waals surface area (Å²) in [5, 5.41) is 8.42. The van der Waals surface area contributed by atoms with Gasteiger partial charge in [0.05, 0.1) is 0 Å². The van der Waals surface area contributed by atoms with E-state index in [2.05, 4.69) is 15.5 Å². The molecule has 0 radical (unpaired) electrons. The van der Waals surface area contributed by atoms with Crippen LogP contribution in [0.2, 0.25) is 0 Å². The maximum Gasteiger partial charge on any atom is 1.00 e. The van der Waals surface area contributed by atoms with E-state index in [9.17, 15) is 37.8 Å². The zero-order valence-corrected chi connectivity index (χ0v) is 27.8. The summed E-state index contributed by atoms with van der Waals surface area (Å²) in [4.78, 5) is 37.0. The Labute approximate surface area is 251 Å². The second-order valence-corrected chi connectivity index (χ2v) is 6.64. The minimum atomic E-state index is -3.24. The van der Waals surface area contributed by atoms with Gasteiger partial charge in [0.15, 0.2) is 0 Å². The number of unbranched alkanes of at least 4 members (excludes halogenated alkanes) is 5. The molecule has 0 aromatic heterocycles. The monoisotopic (exact) mass is 506 g/mol. The molecule has 0 aliphatic rings. The summed E-state index contributed by atoms with van der Waals surface area (Å²) in [6.07, 6.45) is 7.50. The minimum Gasteiger partial charge on any atom is -0.563 e. The third-order valence-corrected chi connectivity index (χ3v) is 3.91. The Bertz CT molecular complexity index is 311. The summed E-state index contributed by atoms with van der Waals surface area (Å²) in [5.41, 5.74) is 0. The molecule has 0 fully saturated rings. The summed E-state index contributed by atoms with van der Waals surface area (Å²) in [7, 11) is -12.9. The standard InChI is InChI=1S/C8H18O.4Na.2O5P2/c1-2-3-4-5-6-7-8-9;;;;;2*1-6(2)5-7(3)4/h9H,2-8H2,1H3;;;;;;/q;4*+1;;. The molecule has 0 aromatic carbocycles. The molecule has 136 valence electrons. The normalized spacial score (nSPS) is 10.3. The molecule has 19 heteroatoms. The van der Waals surface area contributed by atoms with Gasteiger partial charge in [-0.05, 0) is 24.7 Å². The molecule has 0 aromatic rings. The third kappa shape index (κ3) is 72.5. The van der Waals surface area contributed by atoms with Crippen molar-refractivity contribution in [1.82, 2.24) is 0 Å². The van der Waals surface area contributed by atoms with Crippen molar-refractivity contribution in [1.29, 1.82) is 0 Å². The van der Waals surface area contributed by atoms with Gasteiger partial charge in [0.25, 0.3) is 0 Å². The molecule has 1 N–H and O–H groups in total. The molecule has 0 rings (SSSR count). The number of rotatable bonds is 10. The van der Waals surface area contributed by atoms with Crippen molar-refractivity contribution in [2.75, 3.05) is 6.61 Å². The van der Waals surface area contributed by atoms with Crippen LogP contribution in [0, 0.1) is 0 Å². The van der Waals surface area contributed by atoms with Crippen LogP contribution in [-0.2, 0) is 26.9 Å². The number of hydrogen-bond donors (Lipinski definition) is 1. The van der Waals surface area contributed by atoms with Gasteiger partial charge in [0.2, 0.25) is 0 Å². The molecule has 0 aliphatic heterocycles. The molecule has 0 bridgehead atoms. The molecule has 0 saturated carbocycles. The molecule has 27 heavy (non-hydrogen) atoms. The topological polar surface area (TPSA) is 199 Å². The van der Waals surface area contributed by atoms with E-state index in [1.54, 1.807) is 0 Å². The molecule has 4 unspecified atom stereocenters. The molecule has 0 heterocycles. The summed E-state index contributed by atoms with van der Waals surface area (Å²) >= 11 is 0. The Kier molecular flexibility index (Phi) is 72.7. The molecular formula is C8H18Na4O11P4+4. The predicted octanol–water partition coefficient (Wildman–Crippen LogP) is -11.6. The molecule has 0 saturated heterocycles. The predicted molar refractivity (Wildman–Crippen MR) is 73.1 cm³/mol. The summed E-state index contributed by atoms with van der Waals surface area (Å²) in [5.74, 6) is 0. The fraction of sp³-hybridized carbons (Fsp3) is 1.00. The van der Waals surface area contributed by atoms with Crippen LogP contribution >= 0.6 is 33.0 Å². The smallest absolute Gasteiger partial charge is 0.563 e. The first kappa shape index (κ1) is 48.5. The molecule has 0 amide bonds. The van der Waals surface area contributed by atoms with Gasteiger partial charge in [0.1, 0.15) is 8.62 Å². The van der Waals surface area contributed by atoms with E-state index in [1.807, 2.05) is 0 Å². The van der Waals surface area contributed by atoms with Crippen LogP contribution in [0.1, 0.15) is 45.4 Å². The average Bonchev–Trinajstić information content (AvgIpc) is 2.36.